The number of methoxy groups -OCH3 is 1. The van der Waals surface area contributed by atoms with Gasteiger partial charge in [0.25, 0.3) is 0 Å². The molecule has 0 radical (unpaired) electrons. The van der Waals surface area contributed by atoms with E-state index in [-0.39, 0.29) is 0 Å². The van der Waals surface area contributed by atoms with Crippen molar-refractivity contribution in [1.82, 2.24) is 0 Å². The summed E-state index contributed by atoms with van der Waals surface area (Å²) in [6.45, 7) is 0. The Morgan fingerprint density at radius 3 is 2.11 bits per heavy atom. The van der Waals surface area contributed by atoms with Gasteiger partial charge in [-0.2, -0.15) is 0 Å². The molecule has 0 aliphatic heterocycles. The first kappa shape index (κ1) is 13.3. The molecule has 0 N–H and O–H groups in total. The average molecular weight is 278 g/mol. The molecule has 0 aliphatic carbocycles. The van der Waals surface area contributed by atoms with Gasteiger partial charge in [0, 0.05) is 12.4 Å². The molecule has 0 unspecified atom stereocenters. The molecule has 0 aromatic heterocycles. The molecular formula is C14H15O2PS. The highest BCUT2D eigenvalue weighted by Gasteiger charge is 2.25. The molecule has 2 aromatic rings. The van der Waals surface area contributed by atoms with Crippen molar-refractivity contribution in [2.24, 2.45) is 0 Å². The molecule has 18 heavy (non-hydrogen) atoms. The van der Waals surface area contributed by atoms with Gasteiger partial charge in [0.15, 0.2) is 0 Å². The maximum Gasteiger partial charge on any atom is 0.129 e. The van der Waals surface area contributed by atoms with Gasteiger partial charge in [0.05, 0.1) is 12.4 Å². The Morgan fingerprint density at radius 1 is 0.889 bits per heavy atom. The number of benzene rings is 2. The fraction of sp³-hybridized carbons (Fsp3) is 0.143. The predicted molar refractivity (Wildman–Crippen MR) is 80.0 cm³/mol. The lowest BCUT2D eigenvalue weighted by molar-refractivity contribution is 0.416. The lowest BCUT2D eigenvalue weighted by Gasteiger charge is -2.23. The van der Waals surface area contributed by atoms with Gasteiger partial charge in [-0.25, -0.2) is 0 Å². The maximum absolute atomic E-state index is 5.80. The largest absolute Gasteiger partial charge is 0.496 e. The predicted octanol–water partition coefficient (Wildman–Crippen LogP) is 2.69. The van der Waals surface area contributed by atoms with Gasteiger partial charge in [0.2, 0.25) is 0 Å². The Balaban J connectivity index is 2.61. The van der Waals surface area contributed by atoms with E-state index >= 15 is 0 Å². The van der Waals surface area contributed by atoms with Crippen LogP contribution in [0.15, 0.2) is 54.6 Å². The number of para-hydroxylation sites is 1. The molecule has 0 heterocycles. The first-order valence-corrected chi connectivity index (χ1v) is 8.29. The SMILES string of the molecule is COc1ccccc1[P@](=S)(OC)c1ccccc1. The first-order valence-electron chi connectivity index (χ1n) is 5.57. The van der Waals surface area contributed by atoms with Crippen LogP contribution in [0.2, 0.25) is 0 Å². The van der Waals surface area contributed by atoms with Crippen LogP contribution in [0.5, 0.6) is 5.75 Å². The Morgan fingerprint density at radius 2 is 1.50 bits per heavy atom. The molecule has 0 saturated carbocycles. The zero-order valence-corrected chi connectivity index (χ0v) is 12.1. The van der Waals surface area contributed by atoms with Crippen molar-refractivity contribution in [3.63, 3.8) is 0 Å². The molecule has 0 bridgehead atoms. The molecule has 0 amide bonds. The van der Waals surface area contributed by atoms with Crippen molar-refractivity contribution in [2.75, 3.05) is 14.2 Å². The second kappa shape index (κ2) is 5.66. The summed E-state index contributed by atoms with van der Waals surface area (Å²) >= 11 is 5.80. The topological polar surface area (TPSA) is 18.5 Å². The van der Waals surface area contributed by atoms with Gasteiger partial charge < -0.3 is 9.26 Å². The van der Waals surface area contributed by atoms with Crippen LogP contribution in [0, 0.1) is 0 Å². The van der Waals surface area contributed by atoms with E-state index in [0.29, 0.717) is 0 Å². The third-order valence-electron chi connectivity index (χ3n) is 2.76. The second-order valence-electron chi connectivity index (χ2n) is 3.74. The van der Waals surface area contributed by atoms with Crippen LogP contribution in [0.3, 0.4) is 0 Å². The van der Waals surface area contributed by atoms with E-state index in [0.717, 1.165) is 16.4 Å². The molecule has 2 aromatic carbocycles. The molecule has 0 saturated heterocycles. The molecule has 0 spiro atoms. The number of hydrogen-bond acceptors (Lipinski definition) is 3. The molecule has 0 fully saturated rings. The Labute approximate surface area is 113 Å². The Bertz CT molecular complexity index is 569. The third kappa shape index (κ3) is 2.35. The number of rotatable bonds is 4. The van der Waals surface area contributed by atoms with Crippen molar-refractivity contribution in [2.45, 2.75) is 0 Å². The quantitative estimate of drug-likeness (QED) is 0.801. The molecule has 2 rings (SSSR count). The smallest absolute Gasteiger partial charge is 0.129 e. The summed E-state index contributed by atoms with van der Waals surface area (Å²) in [6, 6.07) is 17.7. The zero-order valence-electron chi connectivity index (χ0n) is 10.4. The van der Waals surface area contributed by atoms with Gasteiger partial charge in [-0.05, 0) is 12.1 Å². The van der Waals surface area contributed by atoms with E-state index in [2.05, 4.69) is 0 Å². The van der Waals surface area contributed by atoms with Crippen molar-refractivity contribution < 1.29 is 9.26 Å². The monoisotopic (exact) mass is 278 g/mol. The van der Waals surface area contributed by atoms with Gasteiger partial charge in [-0.15, -0.1) is 0 Å². The van der Waals surface area contributed by atoms with Crippen molar-refractivity contribution in [3.8, 4) is 5.75 Å². The summed E-state index contributed by atoms with van der Waals surface area (Å²) in [5, 5.41) is 1.99. The minimum atomic E-state index is -2.25. The summed E-state index contributed by atoms with van der Waals surface area (Å²) in [7, 11) is 3.32. The summed E-state index contributed by atoms with van der Waals surface area (Å²) in [5.41, 5.74) is 0. The highest BCUT2D eigenvalue weighted by molar-refractivity contribution is 8.19. The van der Waals surface area contributed by atoms with Crippen LogP contribution in [0.4, 0.5) is 0 Å². The molecule has 1 atom stereocenters. The third-order valence-corrected chi connectivity index (χ3v) is 6.92. The van der Waals surface area contributed by atoms with E-state index in [1.807, 2.05) is 54.6 Å². The Kier molecular flexibility index (Phi) is 4.18. The molecule has 0 aliphatic rings. The second-order valence-corrected chi connectivity index (χ2v) is 7.75. The van der Waals surface area contributed by atoms with E-state index < -0.39 is 6.26 Å². The Hall–Kier alpha value is -1.15. The molecule has 2 nitrogen and oxygen atoms in total. The van der Waals surface area contributed by atoms with Crippen LogP contribution >= 0.6 is 6.26 Å². The van der Waals surface area contributed by atoms with E-state index in [9.17, 15) is 0 Å². The van der Waals surface area contributed by atoms with Crippen molar-refractivity contribution in [3.05, 3.63) is 54.6 Å². The highest BCUT2D eigenvalue weighted by atomic mass is 32.4. The van der Waals surface area contributed by atoms with Gasteiger partial charge in [0.1, 0.15) is 12.0 Å². The average Bonchev–Trinajstić information content (AvgIpc) is 2.47. The maximum atomic E-state index is 5.80. The normalized spacial score (nSPS) is 13.9. The van der Waals surface area contributed by atoms with E-state index in [1.165, 1.54) is 0 Å². The fourth-order valence-electron chi connectivity index (χ4n) is 1.84. The van der Waals surface area contributed by atoms with Crippen molar-refractivity contribution >= 4 is 28.7 Å². The fourth-order valence-corrected chi connectivity index (χ4v) is 4.65. The van der Waals surface area contributed by atoms with E-state index in [1.54, 1.807) is 14.2 Å². The summed E-state index contributed by atoms with van der Waals surface area (Å²) in [5.74, 6) is 0.784. The van der Waals surface area contributed by atoms with Gasteiger partial charge in [-0.3, -0.25) is 0 Å². The number of hydrogen-bond donors (Lipinski definition) is 0. The van der Waals surface area contributed by atoms with Crippen LogP contribution in [0.1, 0.15) is 0 Å². The van der Waals surface area contributed by atoms with Gasteiger partial charge >= 0.3 is 0 Å². The van der Waals surface area contributed by atoms with Crippen LogP contribution < -0.4 is 15.3 Å². The van der Waals surface area contributed by atoms with E-state index in [4.69, 9.17) is 21.1 Å². The van der Waals surface area contributed by atoms with Gasteiger partial charge in [-0.1, -0.05) is 54.3 Å². The summed E-state index contributed by atoms with van der Waals surface area (Å²) in [6.07, 6.45) is -2.25. The lowest BCUT2D eigenvalue weighted by Crippen LogP contribution is -2.18. The summed E-state index contributed by atoms with van der Waals surface area (Å²) < 4.78 is 11.1. The zero-order chi connectivity index (χ0) is 13.0. The minimum absolute atomic E-state index is 0.784. The minimum Gasteiger partial charge on any atom is -0.496 e. The van der Waals surface area contributed by atoms with Crippen LogP contribution in [-0.4, -0.2) is 14.2 Å². The number of ether oxygens (including phenoxy) is 1. The summed E-state index contributed by atoms with van der Waals surface area (Å²) in [4.78, 5) is 0. The lowest BCUT2D eigenvalue weighted by atomic mass is 10.3. The highest BCUT2D eigenvalue weighted by Crippen LogP contribution is 2.46. The molecule has 94 valence electrons. The van der Waals surface area contributed by atoms with Crippen molar-refractivity contribution in [1.29, 1.82) is 0 Å². The van der Waals surface area contributed by atoms with Crippen LogP contribution in [-0.2, 0) is 16.3 Å². The first-order chi connectivity index (χ1) is 8.72. The van der Waals surface area contributed by atoms with Crippen LogP contribution in [0.25, 0.3) is 0 Å². The standard InChI is InChI=1S/C14H15O2PS/c1-15-13-10-6-7-11-14(13)17(18,16-2)12-8-4-3-5-9-12/h3-11H,1-2H3/t17-/m0/s1. The molecular weight excluding hydrogens is 263 g/mol. The molecule has 4 heteroatoms.